The SMILES string of the molecule is CCc1ccc(CSC(C)CCO)s1. The van der Waals surface area contributed by atoms with Gasteiger partial charge in [-0.15, -0.1) is 11.3 Å². The van der Waals surface area contributed by atoms with Crippen molar-refractivity contribution in [2.75, 3.05) is 6.61 Å². The monoisotopic (exact) mass is 230 g/mol. The normalized spacial score (nSPS) is 13.1. The molecule has 0 saturated carbocycles. The lowest BCUT2D eigenvalue weighted by Crippen LogP contribution is -1.99. The number of thiophene rings is 1. The average molecular weight is 230 g/mol. The molecule has 0 saturated heterocycles. The second-order valence-corrected chi connectivity index (χ2v) is 6.04. The molecule has 1 aromatic heterocycles. The van der Waals surface area contributed by atoms with E-state index in [0.29, 0.717) is 11.9 Å². The van der Waals surface area contributed by atoms with Gasteiger partial charge in [0.15, 0.2) is 0 Å². The van der Waals surface area contributed by atoms with Crippen LogP contribution in [-0.2, 0) is 12.2 Å². The van der Waals surface area contributed by atoms with Crippen molar-refractivity contribution >= 4 is 23.1 Å². The summed E-state index contributed by atoms with van der Waals surface area (Å²) in [4.78, 5) is 2.92. The fourth-order valence-electron chi connectivity index (χ4n) is 1.18. The molecule has 0 aliphatic rings. The Morgan fingerprint density at radius 2 is 2.14 bits per heavy atom. The lowest BCUT2D eigenvalue weighted by atomic mass is 10.3. The second kappa shape index (κ2) is 6.49. The van der Waals surface area contributed by atoms with Crippen molar-refractivity contribution in [2.24, 2.45) is 0 Å². The van der Waals surface area contributed by atoms with E-state index in [4.69, 9.17) is 5.11 Å². The van der Waals surface area contributed by atoms with Gasteiger partial charge in [0.05, 0.1) is 0 Å². The maximum atomic E-state index is 8.77. The Labute approximate surface area is 94.5 Å². The minimum Gasteiger partial charge on any atom is -0.396 e. The molecule has 1 N–H and O–H groups in total. The van der Waals surface area contributed by atoms with Gasteiger partial charge in [0.25, 0.3) is 0 Å². The standard InChI is InChI=1S/C11H18OS2/c1-3-10-4-5-11(14-10)8-13-9(2)6-7-12/h4-5,9,12H,3,6-8H2,1-2H3. The van der Waals surface area contributed by atoms with E-state index in [-0.39, 0.29) is 0 Å². The molecule has 0 fully saturated rings. The van der Waals surface area contributed by atoms with E-state index < -0.39 is 0 Å². The van der Waals surface area contributed by atoms with Gasteiger partial charge in [-0.2, -0.15) is 11.8 Å². The topological polar surface area (TPSA) is 20.2 Å². The van der Waals surface area contributed by atoms with E-state index in [2.05, 4.69) is 26.0 Å². The van der Waals surface area contributed by atoms with Crippen LogP contribution in [0.4, 0.5) is 0 Å². The molecule has 14 heavy (non-hydrogen) atoms. The van der Waals surface area contributed by atoms with Crippen LogP contribution in [0.25, 0.3) is 0 Å². The summed E-state index contributed by atoms with van der Waals surface area (Å²) in [6.07, 6.45) is 2.04. The third-order valence-corrected chi connectivity index (χ3v) is 4.81. The van der Waals surface area contributed by atoms with Crippen molar-refractivity contribution in [2.45, 2.75) is 37.7 Å². The zero-order valence-corrected chi connectivity index (χ0v) is 10.5. The summed E-state index contributed by atoms with van der Waals surface area (Å²) in [7, 11) is 0. The summed E-state index contributed by atoms with van der Waals surface area (Å²) >= 11 is 3.84. The number of aliphatic hydroxyl groups is 1. The van der Waals surface area contributed by atoms with Crippen molar-refractivity contribution in [3.8, 4) is 0 Å². The molecular formula is C11H18OS2. The van der Waals surface area contributed by atoms with Gasteiger partial charge in [-0.1, -0.05) is 13.8 Å². The maximum Gasteiger partial charge on any atom is 0.0441 e. The van der Waals surface area contributed by atoms with Crippen LogP contribution >= 0.6 is 23.1 Å². The molecule has 0 amide bonds. The van der Waals surface area contributed by atoms with Crippen LogP contribution in [0.5, 0.6) is 0 Å². The van der Waals surface area contributed by atoms with Gasteiger partial charge in [-0.3, -0.25) is 0 Å². The molecule has 0 aliphatic heterocycles. The molecule has 1 nitrogen and oxygen atoms in total. The smallest absolute Gasteiger partial charge is 0.0441 e. The Bertz CT molecular complexity index is 258. The minimum atomic E-state index is 0.304. The number of aryl methyl sites for hydroxylation is 1. The lowest BCUT2D eigenvalue weighted by Gasteiger charge is -2.07. The van der Waals surface area contributed by atoms with Crippen molar-refractivity contribution in [1.29, 1.82) is 0 Å². The number of hydrogen-bond donors (Lipinski definition) is 1. The first kappa shape index (κ1) is 12.1. The average Bonchev–Trinajstić information content (AvgIpc) is 2.63. The summed E-state index contributed by atoms with van der Waals surface area (Å²) in [5, 5.41) is 9.33. The van der Waals surface area contributed by atoms with E-state index in [0.717, 1.165) is 18.6 Å². The van der Waals surface area contributed by atoms with E-state index in [9.17, 15) is 0 Å². The molecule has 1 rings (SSSR count). The van der Waals surface area contributed by atoms with Crippen LogP contribution in [0.2, 0.25) is 0 Å². The fourth-order valence-corrected chi connectivity index (χ4v) is 3.19. The second-order valence-electron chi connectivity index (χ2n) is 3.36. The molecule has 1 atom stereocenters. The van der Waals surface area contributed by atoms with Crippen molar-refractivity contribution in [1.82, 2.24) is 0 Å². The predicted octanol–water partition coefficient (Wildman–Crippen LogP) is 3.31. The number of rotatable bonds is 6. The van der Waals surface area contributed by atoms with Crippen LogP contribution < -0.4 is 0 Å². The van der Waals surface area contributed by atoms with Gasteiger partial charge >= 0.3 is 0 Å². The van der Waals surface area contributed by atoms with Crippen LogP contribution in [-0.4, -0.2) is 17.0 Å². The number of hydrogen-bond acceptors (Lipinski definition) is 3. The van der Waals surface area contributed by atoms with Gasteiger partial charge in [-0.25, -0.2) is 0 Å². The summed E-state index contributed by atoms with van der Waals surface area (Å²) in [5.74, 6) is 1.09. The number of aliphatic hydroxyl groups excluding tert-OH is 1. The van der Waals surface area contributed by atoms with Crippen molar-refractivity contribution in [3.05, 3.63) is 21.9 Å². The summed E-state index contributed by atoms with van der Waals surface area (Å²) in [6.45, 7) is 4.67. The first-order valence-electron chi connectivity index (χ1n) is 5.06. The summed E-state index contributed by atoms with van der Waals surface area (Å²) < 4.78 is 0. The minimum absolute atomic E-state index is 0.304. The number of thioether (sulfide) groups is 1. The van der Waals surface area contributed by atoms with Gasteiger partial charge in [0.2, 0.25) is 0 Å². The molecule has 0 aromatic carbocycles. The maximum absolute atomic E-state index is 8.77. The first-order chi connectivity index (χ1) is 6.76. The van der Waals surface area contributed by atoms with Gasteiger partial charge in [0, 0.05) is 27.4 Å². The van der Waals surface area contributed by atoms with Gasteiger partial charge < -0.3 is 5.11 Å². The Hall–Kier alpha value is 0.01000. The molecule has 1 unspecified atom stereocenters. The third-order valence-electron chi connectivity index (χ3n) is 2.11. The van der Waals surface area contributed by atoms with Crippen LogP contribution in [0.3, 0.4) is 0 Å². The zero-order valence-electron chi connectivity index (χ0n) is 8.82. The Balaban J connectivity index is 2.30. The van der Waals surface area contributed by atoms with Crippen molar-refractivity contribution < 1.29 is 5.11 Å². The quantitative estimate of drug-likeness (QED) is 0.809. The fraction of sp³-hybridized carbons (Fsp3) is 0.636. The molecule has 1 heterocycles. The highest BCUT2D eigenvalue weighted by Gasteiger charge is 2.04. The van der Waals surface area contributed by atoms with Crippen LogP contribution in [0.1, 0.15) is 30.0 Å². The summed E-state index contributed by atoms with van der Waals surface area (Å²) in [5.41, 5.74) is 0. The molecule has 1 aromatic rings. The van der Waals surface area contributed by atoms with Crippen LogP contribution in [0.15, 0.2) is 12.1 Å². The highest BCUT2D eigenvalue weighted by Crippen LogP contribution is 2.25. The third kappa shape index (κ3) is 4.03. The molecule has 0 spiro atoms. The van der Waals surface area contributed by atoms with E-state index in [1.807, 2.05) is 23.1 Å². The molecule has 0 bridgehead atoms. The van der Waals surface area contributed by atoms with Crippen LogP contribution in [0, 0.1) is 0 Å². The largest absolute Gasteiger partial charge is 0.396 e. The lowest BCUT2D eigenvalue weighted by molar-refractivity contribution is 0.289. The molecular weight excluding hydrogens is 212 g/mol. The molecule has 3 heteroatoms. The first-order valence-corrected chi connectivity index (χ1v) is 6.92. The highest BCUT2D eigenvalue weighted by molar-refractivity contribution is 7.99. The molecule has 80 valence electrons. The van der Waals surface area contributed by atoms with E-state index in [1.54, 1.807) is 0 Å². The zero-order chi connectivity index (χ0) is 10.4. The van der Waals surface area contributed by atoms with Crippen molar-refractivity contribution in [3.63, 3.8) is 0 Å². The van der Waals surface area contributed by atoms with E-state index >= 15 is 0 Å². The van der Waals surface area contributed by atoms with Gasteiger partial charge in [-0.05, 0) is 25.0 Å². The Morgan fingerprint density at radius 3 is 2.71 bits per heavy atom. The molecule has 0 radical (unpaired) electrons. The molecule has 0 aliphatic carbocycles. The highest BCUT2D eigenvalue weighted by atomic mass is 32.2. The van der Waals surface area contributed by atoms with E-state index in [1.165, 1.54) is 9.75 Å². The Morgan fingerprint density at radius 1 is 1.43 bits per heavy atom. The van der Waals surface area contributed by atoms with Gasteiger partial charge in [0.1, 0.15) is 0 Å². The Kier molecular flexibility index (Phi) is 5.60. The summed E-state index contributed by atoms with van der Waals surface area (Å²) in [6, 6.07) is 4.44. The predicted molar refractivity (Wildman–Crippen MR) is 66.2 cm³/mol.